The van der Waals surface area contributed by atoms with Crippen LogP contribution in [0.4, 0.5) is 0 Å². The Kier molecular flexibility index (Phi) is 6.54. The number of Topliss-reactive ketones (excluding diaryl/α,β-unsaturated/α-hetero) is 1. The fourth-order valence-electron chi connectivity index (χ4n) is 2.18. The van der Waals surface area contributed by atoms with Gasteiger partial charge in [0.2, 0.25) is 0 Å². The molecule has 5 heteroatoms. The van der Waals surface area contributed by atoms with Crippen LogP contribution in [0.1, 0.15) is 38.5 Å². The summed E-state index contributed by atoms with van der Waals surface area (Å²) >= 11 is 0. The van der Waals surface area contributed by atoms with Gasteiger partial charge in [-0.3, -0.25) is 9.59 Å². The molecule has 0 bridgehead atoms. The van der Waals surface area contributed by atoms with E-state index in [0.717, 1.165) is 19.3 Å². The Morgan fingerprint density at radius 1 is 1.42 bits per heavy atom. The molecule has 1 aliphatic heterocycles. The maximum Gasteiger partial charge on any atom is 0.320 e. The number of hydrogen-bond donors (Lipinski definition) is 2. The van der Waals surface area contributed by atoms with Gasteiger partial charge in [-0.25, -0.2) is 0 Å². The van der Waals surface area contributed by atoms with Crippen LogP contribution in [0.15, 0.2) is 0 Å². The monoisotopic (exact) mass is 267 g/mol. The second-order valence-corrected chi connectivity index (χ2v) is 4.86. The highest BCUT2D eigenvalue weighted by Crippen LogP contribution is 2.22. The third-order valence-electron chi connectivity index (χ3n) is 3.38. The number of ether oxygens (including phenoxy) is 1. The molecule has 106 valence electrons. The maximum absolute atomic E-state index is 11.9. The number of carbonyl (C=O) groups is 2. The summed E-state index contributed by atoms with van der Waals surface area (Å²) in [4.78, 5) is 22.4. The Hall–Kier alpha value is -1.38. The van der Waals surface area contributed by atoms with E-state index in [4.69, 9.17) is 22.0 Å². The predicted molar refractivity (Wildman–Crippen MR) is 70.4 cm³/mol. The number of rotatable bonds is 8. The lowest BCUT2D eigenvalue weighted by Crippen LogP contribution is -2.29. The summed E-state index contributed by atoms with van der Waals surface area (Å²) in [6, 6.07) is -0.806. The van der Waals surface area contributed by atoms with E-state index in [2.05, 4.69) is 5.92 Å². The number of carbonyl (C=O) groups excluding carboxylic acids is 1. The largest absolute Gasteiger partial charge is 0.480 e. The quantitative estimate of drug-likeness (QED) is 0.505. The third kappa shape index (κ3) is 5.01. The van der Waals surface area contributed by atoms with Gasteiger partial charge in [-0.2, -0.15) is 0 Å². The van der Waals surface area contributed by atoms with Gasteiger partial charge in [0.1, 0.15) is 12.1 Å². The van der Waals surface area contributed by atoms with Crippen LogP contribution >= 0.6 is 0 Å². The van der Waals surface area contributed by atoms with Crippen molar-refractivity contribution in [3.63, 3.8) is 0 Å². The van der Waals surface area contributed by atoms with Crippen LogP contribution in [0.2, 0.25) is 0 Å². The highest BCUT2D eigenvalue weighted by molar-refractivity contribution is 5.84. The second-order valence-electron chi connectivity index (χ2n) is 4.86. The van der Waals surface area contributed by atoms with Gasteiger partial charge in [0.15, 0.2) is 5.78 Å². The number of ketones is 1. The summed E-state index contributed by atoms with van der Waals surface area (Å²) in [5, 5.41) is 8.61. The van der Waals surface area contributed by atoms with E-state index < -0.39 is 18.1 Å². The molecule has 1 heterocycles. The molecule has 1 fully saturated rings. The first-order chi connectivity index (χ1) is 9.06. The Labute approximate surface area is 113 Å². The highest BCUT2D eigenvalue weighted by Gasteiger charge is 2.31. The van der Waals surface area contributed by atoms with Crippen LogP contribution in [-0.4, -0.2) is 35.6 Å². The first kappa shape index (κ1) is 15.7. The standard InChI is InChI=1S/C14H21NO4/c1-2-10-8-9-19-13(10)12(16)7-5-3-4-6-11(15)14(17)18/h1,10-11,13H,3-9,15H2,(H,17,18)/t10-,11+,13-/m1/s1. The topological polar surface area (TPSA) is 89.6 Å². The van der Waals surface area contributed by atoms with Crippen LogP contribution in [0.3, 0.4) is 0 Å². The van der Waals surface area contributed by atoms with Gasteiger partial charge in [0.05, 0.1) is 5.92 Å². The van der Waals surface area contributed by atoms with Crippen LogP contribution in [0.25, 0.3) is 0 Å². The first-order valence-electron chi connectivity index (χ1n) is 6.65. The molecule has 0 unspecified atom stereocenters. The van der Waals surface area contributed by atoms with Crippen molar-refractivity contribution in [1.82, 2.24) is 0 Å². The molecule has 1 saturated heterocycles. The molecule has 0 aromatic carbocycles. The molecule has 0 saturated carbocycles. The number of aliphatic carboxylic acids is 1. The van der Waals surface area contributed by atoms with Crippen LogP contribution in [0, 0.1) is 18.3 Å². The lowest BCUT2D eigenvalue weighted by Gasteiger charge is -2.12. The first-order valence-corrected chi connectivity index (χ1v) is 6.65. The van der Waals surface area contributed by atoms with Crippen LogP contribution in [0.5, 0.6) is 0 Å². The fourth-order valence-corrected chi connectivity index (χ4v) is 2.18. The molecule has 0 amide bonds. The van der Waals surface area contributed by atoms with Gasteiger partial charge in [0.25, 0.3) is 0 Å². The molecule has 1 rings (SSSR count). The summed E-state index contributed by atoms with van der Waals surface area (Å²) in [5.41, 5.74) is 5.39. The van der Waals surface area contributed by atoms with E-state index in [-0.39, 0.29) is 11.7 Å². The summed E-state index contributed by atoms with van der Waals surface area (Å²) in [6.07, 6.45) is 8.77. The molecule has 0 aliphatic carbocycles. The Morgan fingerprint density at radius 3 is 2.79 bits per heavy atom. The second kappa shape index (κ2) is 7.93. The van der Waals surface area contributed by atoms with Crippen LogP contribution in [-0.2, 0) is 14.3 Å². The molecular weight excluding hydrogens is 246 g/mol. The minimum absolute atomic E-state index is 0.0583. The number of unbranched alkanes of at least 4 members (excludes halogenated alkanes) is 2. The van der Waals surface area contributed by atoms with Crippen molar-refractivity contribution < 1.29 is 19.4 Å². The van der Waals surface area contributed by atoms with Gasteiger partial charge in [0, 0.05) is 13.0 Å². The van der Waals surface area contributed by atoms with E-state index in [1.54, 1.807) is 0 Å². The van der Waals surface area contributed by atoms with Crippen molar-refractivity contribution in [2.45, 2.75) is 50.7 Å². The highest BCUT2D eigenvalue weighted by atomic mass is 16.5. The van der Waals surface area contributed by atoms with E-state index in [1.807, 2.05) is 0 Å². The number of nitrogens with two attached hydrogens (primary N) is 1. The molecular formula is C14H21NO4. The Bertz CT molecular complexity index is 361. The zero-order valence-electron chi connectivity index (χ0n) is 11.0. The van der Waals surface area contributed by atoms with Crippen molar-refractivity contribution in [3.8, 4) is 12.3 Å². The van der Waals surface area contributed by atoms with Gasteiger partial charge in [-0.05, 0) is 19.3 Å². The fraction of sp³-hybridized carbons (Fsp3) is 0.714. The average Bonchev–Trinajstić information content (AvgIpc) is 2.85. The maximum atomic E-state index is 11.9. The molecule has 0 spiro atoms. The zero-order chi connectivity index (χ0) is 14.3. The molecule has 1 aliphatic rings. The molecule has 0 radical (unpaired) electrons. The molecule has 5 nitrogen and oxygen atoms in total. The Balaban J connectivity index is 2.14. The van der Waals surface area contributed by atoms with E-state index in [9.17, 15) is 9.59 Å². The number of hydrogen-bond acceptors (Lipinski definition) is 4. The molecule has 3 atom stereocenters. The molecule has 0 aromatic heterocycles. The normalized spacial score (nSPS) is 23.8. The third-order valence-corrected chi connectivity index (χ3v) is 3.38. The summed E-state index contributed by atoms with van der Waals surface area (Å²) in [7, 11) is 0. The lowest BCUT2D eigenvalue weighted by atomic mass is 9.96. The van der Waals surface area contributed by atoms with Gasteiger partial charge < -0.3 is 15.6 Å². The predicted octanol–water partition coefficient (Wildman–Crippen LogP) is 0.956. The van der Waals surface area contributed by atoms with Gasteiger partial charge in [-0.1, -0.05) is 12.8 Å². The lowest BCUT2D eigenvalue weighted by molar-refractivity contribution is -0.138. The zero-order valence-corrected chi connectivity index (χ0v) is 11.0. The minimum atomic E-state index is -0.979. The minimum Gasteiger partial charge on any atom is -0.480 e. The van der Waals surface area contributed by atoms with E-state index in [0.29, 0.717) is 25.9 Å². The van der Waals surface area contributed by atoms with E-state index in [1.165, 1.54) is 0 Å². The van der Waals surface area contributed by atoms with E-state index >= 15 is 0 Å². The molecule has 0 aromatic rings. The summed E-state index contributed by atoms with van der Waals surface area (Å²) in [5.74, 6) is 1.59. The Morgan fingerprint density at radius 2 is 2.16 bits per heavy atom. The van der Waals surface area contributed by atoms with Crippen molar-refractivity contribution in [2.24, 2.45) is 11.7 Å². The van der Waals surface area contributed by atoms with Gasteiger partial charge in [-0.15, -0.1) is 12.3 Å². The SMILES string of the molecule is C#C[C@@H]1CCO[C@H]1C(=O)CCCCC[C@H](N)C(=O)O. The van der Waals surface area contributed by atoms with Crippen molar-refractivity contribution in [3.05, 3.63) is 0 Å². The molecule has 3 N–H and O–H groups in total. The van der Waals surface area contributed by atoms with Crippen molar-refractivity contribution in [2.75, 3.05) is 6.61 Å². The van der Waals surface area contributed by atoms with Gasteiger partial charge >= 0.3 is 5.97 Å². The van der Waals surface area contributed by atoms with Crippen LogP contribution < -0.4 is 5.73 Å². The number of carboxylic acid groups (broad SMARTS) is 1. The number of terminal acetylenes is 1. The summed E-state index contributed by atoms with van der Waals surface area (Å²) < 4.78 is 5.36. The number of carboxylic acids is 1. The summed E-state index contributed by atoms with van der Waals surface area (Å²) in [6.45, 7) is 0.554. The van der Waals surface area contributed by atoms with Crippen molar-refractivity contribution in [1.29, 1.82) is 0 Å². The average molecular weight is 267 g/mol. The van der Waals surface area contributed by atoms with Crippen molar-refractivity contribution >= 4 is 11.8 Å². The molecule has 19 heavy (non-hydrogen) atoms. The smallest absolute Gasteiger partial charge is 0.320 e.